The fourth-order valence-electron chi connectivity index (χ4n) is 2.62. The molecule has 1 N–H and O–H groups in total. The van der Waals surface area contributed by atoms with Crippen molar-refractivity contribution < 1.29 is 9.59 Å². The summed E-state index contributed by atoms with van der Waals surface area (Å²) in [6.07, 6.45) is 2.45. The predicted octanol–water partition coefficient (Wildman–Crippen LogP) is 2.01. The first-order valence-corrected chi connectivity index (χ1v) is 8.28. The van der Waals surface area contributed by atoms with Gasteiger partial charge in [0.25, 0.3) is 0 Å². The molecule has 1 aromatic rings. The lowest BCUT2D eigenvalue weighted by molar-refractivity contribution is -0.149. The largest absolute Gasteiger partial charge is 0.343 e. The maximum absolute atomic E-state index is 12.6. The Kier molecular flexibility index (Phi) is 4.98. The minimum absolute atomic E-state index is 0.0270. The van der Waals surface area contributed by atoms with E-state index in [2.05, 4.69) is 24.1 Å². The van der Waals surface area contributed by atoms with E-state index in [1.54, 1.807) is 29.4 Å². The van der Waals surface area contributed by atoms with Gasteiger partial charge in [-0.3, -0.25) is 9.59 Å². The van der Waals surface area contributed by atoms with Gasteiger partial charge in [-0.15, -0.1) is 11.3 Å². The number of nitrogens with one attached hydrogen (secondary N) is 1. The Labute approximate surface area is 129 Å². The minimum Gasteiger partial charge on any atom is -0.343 e. The van der Waals surface area contributed by atoms with Crippen molar-refractivity contribution in [3.05, 3.63) is 16.6 Å². The Balaban J connectivity index is 2.11. The molecule has 6 heteroatoms. The Bertz CT molecular complexity index is 501. The van der Waals surface area contributed by atoms with Crippen molar-refractivity contribution in [3.63, 3.8) is 0 Å². The SMILES string of the molecule is CC(C)CC1NC(=O)C(C)N(CC(C)c2nccs2)C1=O. The fraction of sp³-hybridized carbons (Fsp3) is 0.667. The lowest BCUT2D eigenvalue weighted by Gasteiger charge is -2.39. The molecule has 1 aromatic heterocycles. The zero-order chi connectivity index (χ0) is 15.6. The van der Waals surface area contributed by atoms with Gasteiger partial charge in [0.15, 0.2) is 0 Å². The Morgan fingerprint density at radius 3 is 2.67 bits per heavy atom. The van der Waals surface area contributed by atoms with Gasteiger partial charge in [-0.1, -0.05) is 20.8 Å². The summed E-state index contributed by atoms with van der Waals surface area (Å²) in [4.78, 5) is 30.7. The predicted molar refractivity (Wildman–Crippen MR) is 83.1 cm³/mol. The number of rotatable bonds is 5. The average molecular weight is 309 g/mol. The smallest absolute Gasteiger partial charge is 0.245 e. The number of aromatic nitrogens is 1. The molecule has 0 aromatic carbocycles. The van der Waals surface area contributed by atoms with E-state index in [1.165, 1.54) is 0 Å². The van der Waals surface area contributed by atoms with Crippen LogP contribution in [0.1, 0.15) is 45.0 Å². The van der Waals surface area contributed by atoms with E-state index in [4.69, 9.17) is 0 Å². The summed E-state index contributed by atoms with van der Waals surface area (Å²) in [6, 6.07) is -0.805. The molecule has 2 heterocycles. The number of hydrogen-bond acceptors (Lipinski definition) is 4. The molecule has 21 heavy (non-hydrogen) atoms. The molecule has 0 saturated carbocycles. The van der Waals surface area contributed by atoms with Crippen molar-refractivity contribution in [1.82, 2.24) is 15.2 Å². The van der Waals surface area contributed by atoms with Crippen LogP contribution in [0.2, 0.25) is 0 Å². The van der Waals surface area contributed by atoms with Crippen LogP contribution >= 0.6 is 11.3 Å². The second-order valence-corrected chi connectivity index (χ2v) is 7.05. The normalized spacial score (nSPS) is 24.3. The minimum atomic E-state index is -0.414. The number of carbonyl (C=O) groups is 2. The Morgan fingerprint density at radius 2 is 2.10 bits per heavy atom. The van der Waals surface area contributed by atoms with Crippen LogP contribution in [0.4, 0.5) is 0 Å². The molecule has 0 spiro atoms. The molecule has 1 saturated heterocycles. The maximum Gasteiger partial charge on any atom is 0.245 e. The van der Waals surface area contributed by atoms with Crippen molar-refractivity contribution in [1.29, 1.82) is 0 Å². The lowest BCUT2D eigenvalue weighted by atomic mass is 9.98. The summed E-state index contributed by atoms with van der Waals surface area (Å²) in [6.45, 7) is 8.48. The topological polar surface area (TPSA) is 62.3 Å². The Hall–Kier alpha value is -1.43. The second kappa shape index (κ2) is 6.56. The number of carbonyl (C=O) groups excluding carboxylic acids is 2. The van der Waals surface area contributed by atoms with Crippen LogP contribution in [0.15, 0.2) is 11.6 Å². The molecule has 1 fully saturated rings. The van der Waals surface area contributed by atoms with Crippen LogP contribution in [-0.2, 0) is 9.59 Å². The van der Waals surface area contributed by atoms with Gasteiger partial charge in [0.2, 0.25) is 11.8 Å². The lowest BCUT2D eigenvalue weighted by Crippen LogP contribution is -2.63. The van der Waals surface area contributed by atoms with Crippen molar-refractivity contribution >= 4 is 23.2 Å². The standard InChI is InChI=1S/C15H23N3O2S/c1-9(2)7-12-15(20)18(11(4)13(19)17-12)8-10(3)14-16-5-6-21-14/h5-6,9-12H,7-8H2,1-4H3,(H,17,19). The first-order chi connectivity index (χ1) is 9.90. The highest BCUT2D eigenvalue weighted by Gasteiger charge is 2.38. The van der Waals surface area contributed by atoms with Crippen LogP contribution in [0.5, 0.6) is 0 Å². The highest BCUT2D eigenvalue weighted by atomic mass is 32.1. The number of hydrogen-bond donors (Lipinski definition) is 1. The number of piperazine rings is 1. The Morgan fingerprint density at radius 1 is 1.38 bits per heavy atom. The van der Waals surface area contributed by atoms with Gasteiger partial charge in [0.1, 0.15) is 12.1 Å². The molecule has 3 atom stereocenters. The summed E-state index contributed by atoms with van der Waals surface area (Å²) in [7, 11) is 0. The highest BCUT2D eigenvalue weighted by Crippen LogP contribution is 2.23. The molecule has 0 radical (unpaired) electrons. The first-order valence-electron chi connectivity index (χ1n) is 7.40. The summed E-state index contributed by atoms with van der Waals surface area (Å²) < 4.78 is 0. The van der Waals surface area contributed by atoms with Crippen molar-refractivity contribution in [2.24, 2.45) is 5.92 Å². The van der Waals surface area contributed by atoms with Crippen molar-refractivity contribution in [2.75, 3.05) is 6.54 Å². The van der Waals surface area contributed by atoms with E-state index in [9.17, 15) is 9.59 Å². The van der Waals surface area contributed by atoms with E-state index in [-0.39, 0.29) is 17.7 Å². The van der Waals surface area contributed by atoms with Gasteiger partial charge >= 0.3 is 0 Å². The third-order valence-electron chi connectivity index (χ3n) is 3.80. The van der Waals surface area contributed by atoms with Crippen LogP contribution in [0.3, 0.4) is 0 Å². The molecule has 0 bridgehead atoms. The van der Waals surface area contributed by atoms with Crippen molar-refractivity contribution in [3.8, 4) is 0 Å². The molecule has 116 valence electrons. The number of nitrogens with zero attached hydrogens (tertiary/aromatic N) is 2. The molecule has 1 aliphatic heterocycles. The third-order valence-corrected chi connectivity index (χ3v) is 4.80. The van der Waals surface area contributed by atoms with E-state index in [1.807, 2.05) is 12.3 Å². The molecule has 3 unspecified atom stereocenters. The van der Waals surface area contributed by atoms with Gasteiger partial charge in [0, 0.05) is 24.0 Å². The molecular formula is C15H23N3O2S. The van der Waals surface area contributed by atoms with Gasteiger partial charge in [-0.2, -0.15) is 0 Å². The molecule has 2 amide bonds. The number of amides is 2. The van der Waals surface area contributed by atoms with E-state index in [0.29, 0.717) is 18.9 Å². The van der Waals surface area contributed by atoms with Crippen LogP contribution in [-0.4, -0.2) is 40.3 Å². The van der Waals surface area contributed by atoms with Crippen molar-refractivity contribution in [2.45, 2.75) is 52.1 Å². The monoisotopic (exact) mass is 309 g/mol. The van der Waals surface area contributed by atoms with Gasteiger partial charge in [0.05, 0.1) is 5.01 Å². The first kappa shape index (κ1) is 15.9. The fourth-order valence-corrected chi connectivity index (χ4v) is 3.31. The van der Waals surface area contributed by atoms with Gasteiger partial charge in [-0.25, -0.2) is 4.98 Å². The molecule has 0 aliphatic carbocycles. The van der Waals surface area contributed by atoms with Crippen LogP contribution in [0, 0.1) is 5.92 Å². The maximum atomic E-state index is 12.6. The van der Waals surface area contributed by atoms with Crippen LogP contribution < -0.4 is 5.32 Å². The highest BCUT2D eigenvalue weighted by molar-refractivity contribution is 7.09. The zero-order valence-corrected chi connectivity index (χ0v) is 13.8. The molecule has 2 rings (SSSR count). The van der Waals surface area contributed by atoms with Gasteiger partial charge < -0.3 is 10.2 Å². The van der Waals surface area contributed by atoms with E-state index < -0.39 is 12.1 Å². The quantitative estimate of drug-likeness (QED) is 0.905. The van der Waals surface area contributed by atoms with Gasteiger partial charge in [-0.05, 0) is 19.3 Å². The molecule has 1 aliphatic rings. The number of thiazole rings is 1. The molecule has 5 nitrogen and oxygen atoms in total. The summed E-state index contributed by atoms with van der Waals surface area (Å²) in [5.74, 6) is 0.471. The van der Waals surface area contributed by atoms with E-state index in [0.717, 1.165) is 5.01 Å². The summed E-state index contributed by atoms with van der Waals surface area (Å²) in [5.41, 5.74) is 0. The third kappa shape index (κ3) is 3.61. The molecular weight excluding hydrogens is 286 g/mol. The van der Waals surface area contributed by atoms with Crippen LogP contribution in [0.25, 0.3) is 0 Å². The summed E-state index contributed by atoms with van der Waals surface area (Å²) >= 11 is 1.58. The van der Waals surface area contributed by atoms with E-state index >= 15 is 0 Å². The average Bonchev–Trinajstić information content (AvgIpc) is 2.94. The second-order valence-electron chi connectivity index (χ2n) is 6.13. The summed E-state index contributed by atoms with van der Waals surface area (Å²) in [5, 5.41) is 5.78. The zero-order valence-electron chi connectivity index (χ0n) is 13.0.